The zero-order valence-electron chi connectivity index (χ0n) is 29.7. The van der Waals surface area contributed by atoms with Gasteiger partial charge in [-0.25, -0.2) is 19.9 Å². The molecule has 4 nitrogen and oxygen atoms in total. The molecule has 0 spiro atoms. The van der Waals surface area contributed by atoms with Crippen LogP contribution in [-0.2, 0) is 0 Å². The predicted octanol–water partition coefficient (Wildman–Crippen LogP) is 13.3. The van der Waals surface area contributed by atoms with Crippen molar-refractivity contribution < 1.29 is 0 Å². The Morgan fingerprint density at radius 3 is 1.36 bits per heavy atom. The van der Waals surface area contributed by atoms with E-state index in [1.165, 1.54) is 15.8 Å². The molecule has 0 saturated heterocycles. The molecule has 10 aromatic rings. The van der Waals surface area contributed by atoms with Crippen LogP contribution in [-0.4, -0.2) is 19.9 Å². The average Bonchev–Trinajstić information content (AvgIpc) is 3.67. The zero-order chi connectivity index (χ0) is 36.6. The molecular formula is C50H32N4S. The Bertz CT molecular complexity index is 2890. The number of rotatable bonds is 7. The molecule has 0 N–H and O–H groups in total. The molecular weight excluding hydrogens is 689 g/mol. The summed E-state index contributed by atoms with van der Waals surface area (Å²) in [7, 11) is 0. The molecule has 5 heteroatoms. The lowest BCUT2D eigenvalue weighted by Crippen LogP contribution is -1.96. The quantitative estimate of drug-likeness (QED) is 0.164. The van der Waals surface area contributed by atoms with Crippen molar-refractivity contribution in [1.29, 1.82) is 0 Å². The smallest absolute Gasteiger partial charge is 0.161 e. The van der Waals surface area contributed by atoms with E-state index in [4.69, 9.17) is 19.9 Å². The highest BCUT2D eigenvalue weighted by atomic mass is 32.1. The predicted molar refractivity (Wildman–Crippen MR) is 229 cm³/mol. The van der Waals surface area contributed by atoms with Gasteiger partial charge in [-0.3, -0.25) is 0 Å². The van der Waals surface area contributed by atoms with Gasteiger partial charge in [-0.15, -0.1) is 11.3 Å². The molecule has 0 atom stereocenters. The monoisotopic (exact) mass is 720 g/mol. The molecule has 0 aliphatic rings. The maximum Gasteiger partial charge on any atom is 0.161 e. The molecule has 0 aliphatic heterocycles. The van der Waals surface area contributed by atoms with Gasteiger partial charge >= 0.3 is 0 Å². The summed E-state index contributed by atoms with van der Waals surface area (Å²) in [6.45, 7) is 0. The van der Waals surface area contributed by atoms with Crippen molar-refractivity contribution in [3.63, 3.8) is 0 Å². The summed E-state index contributed by atoms with van der Waals surface area (Å²) in [6, 6.07) is 67.2. The highest BCUT2D eigenvalue weighted by molar-refractivity contribution is 7.26. The molecule has 0 fully saturated rings. The van der Waals surface area contributed by atoms with Crippen LogP contribution in [0.25, 0.3) is 99.1 Å². The lowest BCUT2D eigenvalue weighted by molar-refractivity contribution is 1.19. The van der Waals surface area contributed by atoms with Crippen LogP contribution in [0.15, 0.2) is 194 Å². The van der Waals surface area contributed by atoms with Crippen LogP contribution >= 0.6 is 11.3 Å². The van der Waals surface area contributed by atoms with Crippen LogP contribution in [0.4, 0.5) is 0 Å². The number of aromatic nitrogens is 4. The van der Waals surface area contributed by atoms with Crippen molar-refractivity contribution >= 4 is 31.5 Å². The van der Waals surface area contributed by atoms with E-state index in [2.05, 4.69) is 146 Å². The van der Waals surface area contributed by atoms with Crippen LogP contribution in [0.5, 0.6) is 0 Å². The molecule has 258 valence electrons. The van der Waals surface area contributed by atoms with E-state index in [1.807, 2.05) is 48.5 Å². The van der Waals surface area contributed by atoms with E-state index in [-0.39, 0.29) is 0 Å². The summed E-state index contributed by atoms with van der Waals surface area (Å²) < 4.78 is 2.33. The second-order valence-electron chi connectivity index (χ2n) is 13.4. The highest BCUT2D eigenvalue weighted by Crippen LogP contribution is 2.44. The molecule has 7 aromatic carbocycles. The van der Waals surface area contributed by atoms with E-state index in [0.29, 0.717) is 11.6 Å². The highest BCUT2D eigenvalue weighted by Gasteiger charge is 2.19. The first kappa shape index (κ1) is 32.6. The summed E-state index contributed by atoms with van der Waals surface area (Å²) in [6.07, 6.45) is 0. The maximum absolute atomic E-state index is 5.28. The van der Waals surface area contributed by atoms with Gasteiger partial charge in [-0.05, 0) is 29.3 Å². The SMILES string of the molecule is c1ccc(-c2ccc(-c3cc(-c4ccccc4)nc(-c4cccc5sc6c(-c7cc(-c8ccccc8)nc(-c8ccccc8)n7)cccc6c45)n3)cc2)cc1. The fourth-order valence-corrected chi connectivity index (χ4v) is 8.48. The van der Waals surface area contributed by atoms with Gasteiger partial charge in [-0.1, -0.05) is 176 Å². The van der Waals surface area contributed by atoms with Gasteiger partial charge in [0, 0.05) is 53.6 Å². The molecule has 0 bridgehead atoms. The fraction of sp³-hybridized carbons (Fsp3) is 0. The van der Waals surface area contributed by atoms with E-state index >= 15 is 0 Å². The van der Waals surface area contributed by atoms with Gasteiger partial charge in [0.2, 0.25) is 0 Å². The van der Waals surface area contributed by atoms with Gasteiger partial charge in [0.05, 0.1) is 22.8 Å². The third kappa shape index (κ3) is 6.27. The first-order valence-electron chi connectivity index (χ1n) is 18.3. The second kappa shape index (κ2) is 14.0. The Hall–Kier alpha value is -7.08. The zero-order valence-corrected chi connectivity index (χ0v) is 30.5. The largest absolute Gasteiger partial charge is 0.228 e. The van der Waals surface area contributed by atoms with Crippen molar-refractivity contribution in [2.75, 3.05) is 0 Å². The van der Waals surface area contributed by atoms with Crippen molar-refractivity contribution in [2.24, 2.45) is 0 Å². The molecule has 0 radical (unpaired) electrons. The third-order valence-corrected chi connectivity index (χ3v) is 11.2. The topological polar surface area (TPSA) is 51.6 Å². The van der Waals surface area contributed by atoms with Crippen LogP contribution in [0.2, 0.25) is 0 Å². The Kier molecular flexibility index (Phi) is 8.32. The summed E-state index contributed by atoms with van der Waals surface area (Å²) in [5.74, 6) is 1.39. The van der Waals surface area contributed by atoms with Gasteiger partial charge in [-0.2, -0.15) is 0 Å². The minimum Gasteiger partial charge on any atom is -0.228 e. The standard InChI is InChI=1S/C50H32N4S/c1-5-15-33(16-6-1)34-27-29-37(30-28-34)43-31-42(35-17-7-2-8-18-35)52-50(53-43)41-25-14-26-46-47(41)40-24-13-23-39(48(40)55-46)45-32-44(36-19-9-3-10-20-36)51-49(54-45)38-21-11-4-12-22-38/h1-32H. The molecule has 0 saturated carbocycles. The van der Waals surface area contributed by atoms with Crippen LogP contribution < -0.4 is 0 Å². The van der Waals surface area contributed by atoms with Crippen LogP contribution in [0.3, 0.4) is 0 Å². The summed E-state index contributed by atoms with van der Waals surface area (Å²) >= 11 is 1.78. The van der Waals surface area contributed by atoms with Crippen molar-refractivity contribution in [3.05, 3.63) is 194 Å². The van der Waals surface area contributed by atoms with Crippen LogP contribution in [0, 0.1) is 0 Å². The molecule has 10 rings (SSSR count). The van der Waals surface area contributed by atoms with Gasteiger partial charge in [0.15, 0.2) is 11.6 Å². The summed E-state index contributed by atoms with van der Waals surface area (Å²) in [5, 5.41) is 2.29. The Labute approximate surface area is 323 Å². The summed E-state index contributed by atoms with van der Waals surface area (Å²) in [5.41, 5.74) is 12.1. The second-order valence-corrected chi connectivity index (χ2v) is 14.5. The Morgan fingerprint density at radius 1 is 0.309 bits per heavy atom. The fourth-order valence-electron chi connectivity index (χ4n) is 7.23. The van der Waals surface area contributed by atoms with Gasteiger partial charge in [0.1, 0.15) is 0 Å². The number of hydrogen-bond donors (Lipinski definition) is 0. The number of hydrogen-bond acceptors (Lipinski definition) is 5. The lowest BCUT2D eigenvalue weighted by atomic mass is 10.0. The number of fused-ring (bicyclic) bond motifs is 3. The molecule has 55 heavy (non-hydrogen) atoms. The van der Waals surface area contributed by atoms with Gasteiger partial charge < -0.3 is 0 Å². The molecule has 3 heterocycles. The lowest BCUT2D eigenvalue weighted by Gasteiger charge is -2.11. The first-order chi connectivity index (χ1) is 27.2. The minimum absolute atomic E-state index is 0.693. The van der Waals surface area contributed by atoms with Crippen molar-refractivity contribution in [2.45, 2.75) is 0 Å². The Balaban J connectivity index is 1.15. The Morgan fingerprint density at radius 2 is 0.745 bits per heavy atom. The third-order valence-electron chi connectivity index (χ3n) is 9.95. The van der Waals surface area contributed by atoms with E-state index in [0.717, 1.165) is 71.6 Å². The number of benzene rings is 7. The first-order valence-corrected chi connectivity index (χ1v) is 19.1. The van der Waals surface area contributed by atoms with Crippen LogP contribution in [0.1, 0.15) is 0 Å². The average molecular weight is 721 g/mol. The van der Waals surface area contributed by atoms with E-state index in [1.54, 1.807) is 11.3 Å². The molecule has 0 amide bonds. The maximum atomic E-state index is 5.28. The molecule has 0 unspecified atom stereocenters. The van der Waals surface area contributed by atoms with Gasteiger partial charge in [0.25, 0.3) is 0 Å². The summed E-state index contributed by atoms with van der Waals surface area (Å²) in [4.78, 5) is 20.8. The molecule has 3 aromatic heterocycles. The van der Waals surface area contributed by atoms with E-state index in [9.17, 15) is 0 Å². The molecule has 0 aliphatic carbocycles. The van der Waals surface area contributed by atoms with Crippen molar-refractivity contribution in [3.8, 4) is 78.9 Å². The van der Waals surface area contributed by atoms with E-state index < -0.39 is 0 Å². The van der Waals surface area contributed by atoms with Crippen molar-refractivity contribution in [1.82, 2.24) is 19.9 Å². The normalized spacial score (nSPS) is 11.3. The number of thiophene rings is 1. The minimum atomic E-state index is 0.693. The number of nitrogens with zero attached hydrogens (tertiary/aromatic N) is 4.